The van der Waals surface area contributed by atoms with Gasteiger partial charge in [-0.25, -0.2) is 4.98 Å². The smallest absolute Gasteiger partial charge is 0.171 e. The van der Waals surface area contributed by atoms with Crippen LogP contribution < -0.4 is 15.4 Å². The molecule has 1 aromatic heterocycles. The Morgan fingerprint density at radius 2 is 2.16 bits per heavy atom. The minimum Gasteiger partial charge on any atom is -0.487 e. The molecule has 1 aliphatic rings. The minimum atomic E-state index is 0.159. The van der Waals surface area contributed by atoms with Crippen LogP contribution in [0.4, 0.5) is 5.82 Å². The van der Waals surface area contributed by atoms with Crippen LogP contribution in [-0.2, 0) is 0 Å². The summed E-state index contributed by atoms with van der Waals surface area (Å²) in [6.45, 7) is 5.57. The lowest BCUT2D eigenvalue weighted by atomic mass is 10.2. The quantitative estimate of drug-likeness (QED) is 0.857. The fourth-order valence-corrected chi connectivity index (χ4v) is 2.76. The van der Waals surface area contributed by atoms with E-state index < -0.39 is 0 Å². The summed E-state index contributed by atoms with van der Waals surface area (Å²) in [5.41, 5.74) is 5.78. The summed E-state index contributed by atoms with van der Waals surface area (Å²) < 4.78 is 5.89. The van der Waals surface area contributed by atoms with E-state index in [1.165, 1.54) is 25.7 Å². The Morgan fingerprint density at radius 1 is 1.42 bits per heavy atom. The molecule has 1 aromatic rings. The molecule has 1 saturated carbocycles. The SMILES string of the molecule is CC(C)Oc1cccnc1N(CCN)C1CCCC1. The van der Waals surface area contributed by atoms with Gasteiger partial charge in [0.25, 0.3) is 0 Å². The highest BCUT2D eigenvalue weighted by molar-refractivity contribution is 5.53. The predicted molar refractivity (Wildman–Crippen MR) is 78.7 cm³/mol. The van der Waals surface area contributed by atoms with E-state index in [1.807, 2.05) is 32.2 Å². The normalized spacial score (nSPS) is 16.0. The summed E-state index contributed by atoms with van der Waals surface area (Å²) >= 11 is 0. The second kappa shape index (κ2) is 6.75. The maximum Gasteiger partial charge on any atom is 0.171 e. The van der Waals surface area contributed by atoms with Gasteiger partial charge < -0.3 is 15.4 Å². The summed E-state index contributed by atoms with van der Waals surface area (Å²) in [6.07, 6.45) is 7.07. The van der Waals surface area contributed by atoms with E-state index >= 15 is 0 Å². The summed E-state index contributed by atoms with van der Waals surface area (Å²) in [6, 6.07) is 4.49. The molecule has 0 amide bonds. The Bertz CT molecular complexity index is 389. The third kappa shape index (κ3) is 3.60. The van der Waals surface area contributed by atoms with Crippen molar-refractivity contribution in [2.75, 3.05) is 18.0 Å². The van der Waals surface area contributed by atoms with E-state index in [2.05, 4.69) is 9.88 Å². The maximum absolute atomic E-state index is 5.89. The summed E-state index contributed by atoms with van der Waals surface area (Å²) in [5.74, 6) is 1.83. The van der Waals surface area contributed by atoms with Crippen LogP contribution in [0, 0.1) is 0 Å². The van der Waals surface area contributed by atoms with Crippen molar-refractivity contribution in [3.63, 3.8) is 0 Å². The number of pyridine rings is 1. The van der Waals surface area contributed by atoms with Gasteiger partial charge in [0, 0.05) is 25.3 Å². The van der Waals surface area contributed by atoms with Gasteiger partial charge in [-0.3, -0.25) is 0 Å². The maximum atomic E-state index is 5.89. The van der Waals surface area contributed by atoms with Gasteiger partial charge in [-0.05, 0) is 38.8 Å². The number of aromatic nitrogens is 1. The van der Waals surface area contributed by atoms with Crippen LogP contribution in [0.15, 0.2) is 18.3 Å². The molecule has 19 heavy (non-hydrogen) atoms. The molecule has 0 aliphatic heterocycles. The minimum absolute atomic E-state index is 0.159. The number of ether oxygens (including phenoxy) is 1. The first-order valence-corrected chi connectivity index (χ1v) is 7.30. The molecular formula is C15H25N3O. The molecule has 0 atom stereocenters. The Hall–Kier alpha value is -1.29. The van der Waals surface area contributed by atoms with Gasteiger partial charge >= 0.3 is 0 Å². The lowest BCUT2D eigenvalue weighted by Gasteiger charge is -2.31. The van der Waals surface area contributed by atoms with Crippen LogP contribution in [0.3, 0.4) is 0 Å². The van der Waals surface area contributed by atoms with Crippen LogP contribution in [0.1, 0.15) is 39.5 Å². The Balaban J connectivity index is 2.24. The first kappa shape index (κ1) is 14.1. The highest BCUT2D eigenvalue weighted by Crippen LogP contribution is 2.32. The summed E-state index contributed by atoms with van der Waals surface area (Å²) in [7, 11) is 0. The number of rotatable bonds is 6. The van der Waals surface area contributed by atoms with Crippen molar-refractivity contribution < 1.29 is 4.74 Å². The first-order chi connectivity index (χ1) is 9.22. The Morgan fingerprint density at radius 3 is 2.79 bits per heavy atom. The van der Waals surface area contributed by atoms with Crippen molar-refractivity contribution in [1.82, 2.24) is 4.98 Å². The average molecular weight is 263 g/mol. The number of nitrogens with zero attached hydrogens (tertiary/aromatic N) is 2. The van der Waals surface area contributed by atoms with Crippen LogP contribution in [0.5, 0.6) is 5.75 Å². The van der Waals surface area contributed by atoms with Crippen molar-refractivity contribution in [2.24, 2.45) is 5.73 Å². The molecule has 2 rings (SSSR count). The van der Waals surface area contributed by atoms with Gasteiger partial charge in [0.2, 0.25) is 0 Å². The third-order valence-corrected chi connectivity index (χ3v) is 3.52. The molecular weight excluding hydrogens is 238 g/mol. The Kier molecular flexibility index (Phi) is 5.02. The molecule has 0 radical (unpaired) electrons. The fourth-order valence-electron chi connectivity index (χ4n) is 2.76. The van der Waals surface area contributed by atoms with Crippen molar-refractivity contribution in [2.45, 2.75) is 51.7 Å². The lowest BCUT2D eigenvalue weighted by Crippen LogP contribution is -2.38. The number of anilines is 1. The molecule has 4 nitrogen and oxygen atoms in total. The van der Waals surface area contributed by atoms with Crippen molar-refractivity contribution in [3.05, 3.63) is 18.3 Å². The van der Waals surface area contributed by atoms with Crippen molar-refractivity contribution >= 4 is 5.82 Å². The molecule has 0 unspecified atom stereocenters. The Labute approximate surface area is 116 Å². The number of nitrogens with two attached hydrogens (primary N) is 1. The molecule has 1 fully saturated rings. The van der Waals surface area contributed by atoms with Gasteiger partial charge in [-0.15, -0.1) is 0 Å². The van der Waals surface area contributed by atoms with Crippen LogP contribution >= 0.6 is 0 Å². The molecule has 1 aliphatic carbocycles. The predicted octanol–water partition coefficient (Wildman–Crippen LogP) is 2.58. The molecule has 0 aromatic carbocycles. The van der Waals surface area contributed by atoms with Crippen LogP contribution in [0.2, 0.25) is 0 Å². The summed E-state index contributed by atoms with van der Waals surface area (Å²) in [4.78, 5) is 6.88. The highest BCUT2D eigenvalue weighted by atomic mass is 16.5. The van der Waals surface area contributed by atoms with E-state index in [4.69, 9.17) is 10.5 Å². The van der Waals surface area contributed by atoms with Gasteiger partial charge in [-0.1, -0.05) is 12.8 Å². The molecule has 0 bridgehead atoms. The third-order valence-electron chi connectivity index (χ3n) is 3.52. The molecule has 0 saturated heterocycles. The van der Waals surface area contributed by atoms with Crippen LogP contribution in [0.25, 0.3) is 0 Å². The topological polar surface area (TPSA) is 51.4 Å². The van der Waals surface area contributed by atoms with E-state index in [0.29, 0.717) is 12.6 Å². The van der Waals surface area contributed by atoms with E-state index in [1.54, 1.807) is 0 Å². The van der Waals surface area contributed by atoms with Gasteiger partial charge in [0.15, 0.2) is 11.6 Å². The van der Waals surface area contributed by atoms with E-state index in [-0.39, 0.29) is 6.10 Å². The molecule has 2 N–H and O–H groups in total. The monoisotopic (exact) mass is 263 g/mol. The lowest BCUT2D eigenvalue weighted by molar-refractivity contribution is 0.241. The molecule has 1 heterocycles. The largest absolute Gasteiger partial charge is 0.487 e. The standard InChI is InChI=1S/C15H25N3O/c1-12(2)19-14-8-5-10-17-15(14)18(11-9-16)13-6-3-4-7-13/h5,8,10,12-13H,3-4,6-7,9,11,16H2,1-2H3. The van der Waals surface area contributed by atoms with E-state index in [9.17, 15) is 0 Å². The first-order valence-electron chi connectivity index (χ1n) is 7.30. The molecule has 106 valence electrons. The zero-order valence-corrected chi connectivity index (χ0v) is 12.0. The molecule has 0 spiro atoms. The van der Waals surface area contributed by atoms with Crippen molar-refractivity contribution in [3.8, 4) is 5.75 Å². The number of hydrogen-bond acceptors (Lipinski definition) is 4. The van der Waals surface area contributed by atoms with Crippen molar-refractivity contribution in [1.29, 1.82) is 0 Å². The zero-order valence-electron chi connectivity index (χ0n) is 12.0. The zero-order chi connectivity index (χ0) is 13.7. The average Bonchev–Trinajstić information content (AvgIpc) is 2.90. The fraction of sp³-hybridized carbons (Fsp3) is 0.667. The second-order valence-electron chi connectivity index (χ2n) is 5.41. The molecule has 4 heteroatoms. The van der Waals surface area contributed by atoms with E-state index in [0.717, 1.165) is 18.1 Å². The summed E-state index contributed by atoms with van der Waals surface area (Å²) in [5, 5.41) is 0. The number of hydrogen-bond donors (Lipinski definition) is 1. The van der Waals surface area contributed by atoms with Gasteiger partial charge in [0.05, 0.1) is 6.10 Å². The van der Waals surface area contributed by atoms with Crippen LogP contribution in [-0.4, -0.2) is 30.2 Å². The highest BCUT2D eigenvalue weighted by Gasteiger charge is 2.25. The van der Waals surface area contributed by atoms with Gasteiger partial charge in [-0.2, -0.15) is 0 Å². The van der Waals surface area contributed by atoms with Gasteiger partial charge in [0.1, 0.15) is 0 Å². The second-order valence-corrected chi connectivity index (χ2v) is 5.41.